The Balaban J connectivity index is 1.94. The molecule has 1 saturated carbocycles. The Bertz CT molecular complexity index is 463. The average molecular weight is 285 g/mol. The maximum Gasteiger partial charge on any atom is 0.271 e. The molecule has 1 amide bonds. The van der Waals surface area contributed by atoms with Crippen molar-refractivity contribution >= 4 is 23.3 Å². The number of nitrogens with two attached hydrogens (primary N) is 1. The third-order valence-electron chi connectivity index (χ3n) is 3.04. The minimum Gasteiger partial charge on any atom is -0.378 e. The first-order chi connectivity index (χ1) is 9.13. The SMILES string of the molecule is CCOC1CC(NC(=O)c2nc(NN)ccc2Cl)C1. The van der Waals surface area contributed by atoms with Gasteiger partial charge in [-0.05, 0) is 31.9 Å². The molecule has 0 atom stereocenters. The number of ether oxygens (including phenoxy) is 1. The first-order valence-corrected chi connectivity index (χ1v) is 6.57. The van der Waals surface area contributed by atoms with Crippen LogP contribution in [-0.2, 0) is 4.74 Å². The molecule has 0 aliphatic heterocycles. The van der Waals surface area contributed by atoms with Crippen molar-refractivity contribution in [3.63, 3.8) is 0 Å². The number of hydrazine groups is 1. The summed E-state index contributed by atoms with van der Waals surface area (Å²) >= 11 is 5.95. The van der Waals surface area contributed by atoms with Crippen molar-refractivity contribution in [3.05, 3.63) is 22.8 Å². The van der Waals surface area contributed by atoms with Crippen LogP contribution in [0, 0.1) is 0 Å². The lowest BCUT2D eigenvalue weighted by atomic mass is 9.89. The Hall–Kier alpha value is -1.37. The summed E-state index contributed by atoms with van der Waals surface area (Å²) in [4.78, 5) is 16.1. The highest BCUT2D eigenvalue weighted by Crippen LogP contribution is 2.24. The van der Waals surface area contributed by atoms with Gasteiger partial charge in [0.15, 0.2) is 0 Å². The van der Waals surface area contributed by atoms with E-state index >= 15 is 0 Å². The summed E-state index contributed by atoms with van der Waals surface area (Å²) in [5, 5.41) is 3.18. The second-order valence-electron chi connectivity index (χ2n) is 4.39. The molecule has 0 aromatic carbocycles. The summed E-state index contributed by atoms with van der Waals surface area (Å²) in [7, 11) is 0. The molecule has 0 saturated heterocycles. The topological polar surface area (TPSA) is 89.3 Å². The molecule has 1 aromatic rings. The molecule has 0 bridgehead atoms. The van der Waals surface area contributed by atoms with Crippen LogP contribution >= 0.6 is 11.6 Å². The molecule has 19 heavy (non-hydrogen) atoms. The van der Waals surface area contributed by atoms with Crippen molar-refractivity contribution < 1.29 is 9.53 Å². The van der Waals surface area contributed by atoms with Crippen molar-refractivity contribution in [2.75, 3.05) is 12.0 Å². The van der Waals surface area contributed by atoms with E-state index in [0.717, 1.165) is 12.8 Å². The summed E-state index contributed by atoms with van der Waals surface area (Å²) in [5.41, 5.74) is 2.56. The first kappa shape index (κ1) is 14.0. The summed E-state index contributed by atoms with van der Waals surface area (Å²) in [5.74, 6) is 5.36. The van der Waals surface area contributed by atoms with Gasteiger partial charge in [0, 0.05) is 12.6 Å². The number of hydrogen-bond acceptors (Lipinski definition) is 5. The number of carbonyl (C=O) groups is 1. The van der Waals surface area contributed by atoms with E-state index in [0.29, 0.717) is 17.4 Å². The summed E-state index contributed by atoms with van der Waals surface area (Å²) < 4.78 is 5.44. The van der Waals surface area contributed by atoms with Gasteiger partial charge in [-0.2, -0.15) is 0 Å². The Morgan fingerprint density at radius 1 is 1.58 bits per heavy atom. The zero-order chi connectivity index (χ0) is 13.8. The molecular weight excluding hydrogens is 268 g/mol. The monoisotopic (exact) mass is 284 g/mol. The molecule has 1 aliphatic rings. The maximum absolute atomic E-state index is 12.0. The van der Waals surface area contributed by atoms with Gasteiger partial charge in [-0.15, -0.1) is 0 Å². The van der Waals surface area contributed by atoms with Gasteiger partial charge in [0.25, 0.3) is 5.91 Å². The molecule has 6 nitrogen and oxygen atoms in total. The zero-order valence-corrected chi connectivity index (χ0v) is 11.4. The smallest absolute Gasteiger partial charge is 0.271 e. The number of carbonyl (C=O) groups excluding carboxylic acids is 1. The van der Waals surface area contributed by atoms with E-state index in [4.69, 9.17) is 22.2 Å². The fraction of sp³-hybridized carbons (Fsp3) is 0.500. The van der Waals surface area contributed by atoms with E-state index in [2.05, 4.69) is 15.7 Å². The standard InChI is InChI=1S/C12H17ClN4O2/c1-2-19-8-5-7(6-8)15-12(18)11-9(13)3-4-10(16-11)17-14/h3-4,7-8H,2,5-6,14H2,1H3,(H,15,18)(H,16,17). The predicted octanol–water partition coefficient (Wildman–Crippen LogP) is 1.32. The number of halogens is 1. The van der Waals surface area contributed by atoms with Crippen molar-refractivity contribution in [2.45, 2.75) is 31.9 Å². The Labute approximate surface area is 116 Å². The van der Waals surface area contributed by atoms with Gasteiger partial charge in [0.2, 0.25) is 0 Å². The van der Waals surface area contributed by atoms with Crippen LogP contribution < -0.4 is 16.6 Å². The van der Waals surface area contributed by atoms with Gasteiger partial charge in [-0.1, -0.05) is 11.6 Å². The average Bonchev–Trinajstić information content (AvgIpc) is 2.36. The Morgan fingerprint density at radius 2 is 2.32 bits per heavy atom. The number of amides is 1. The summed E-state index contributed by atoms with van der Waals surface area (Å²) in [6.45, 7) is 2.66. The van der Waals surface area contributed by atoms with E-state index in [1.54, 1.807) is 12.1 Å². The highest BCUT2D eigenvalue weighted by atomic mass is 35.5. The lowest BCUT2D eigenvalue weighted by Gasteiger charge is -2.35. The number of anilines is 1. The van der Waals surface area contributed by atoms with E-state index in [-0.39, 0.29) is 23.7 Å². The minimum absolute atomic E-state index is 0.122. The quantitative estimate of drug-likeness (QED) is 0.560. The highest BCUT2D eigenvalue weighted by molar-refractivity contribution is 6.33. The molecule has 0 spiro atoms. The molecule has 1 aromatic heterocycles. The lowest BCUT2D eigenvalue weighted by molar-refractivity contribution is -0.00866. The van der Waals surface area contributed by atoms with Crippen LogP contribution in [0.3, 0.4) is 0 Å². The molecule has 1 aliphatic carbocycles. The van der Waals surface area contributed by atoms with Crippen LogP contribution in [0.1, 0.15) is 30.3 Å². The normalized spacial score (nSPS) is 21.6. The molecule has 0 radical (unpaired) electrons. The van der Waals surface area contributed by atoms with Gasteiger partial charge >= 0.3 is 0 Å². The largest absolute Gasteiger partial charge is 0.378 e. The fourth-order valence-electron chi connectivity index (χ4n) is 1.99. The third-order valence-corrected chi connectivity index (χ3v) is 3.35. The number of hydrogen-bond donors (Lipinski definition) is 3. The van der Waals surface area contributed by atoms with Crippen LogP contribution in [0.4, 0.5) is 5.82 Å². The highest BCUT2D eigenvalue weighted by Gasteiger charge is 2.31. The molecule has 1 heterocycles. The maximum atomic E-state index is 12.0. The number of nitrogen functional groups attached to an aromatic ring is 1. The lowest BCUT2D eigenvalue weighted by Crippen LogP contribution is -2.48. The minimum atomic E-state index is -0.290. The predicted molar refractivity (Wildman–Crippen MR) is 73.0 cm³/mol. The molecule has 0 unspecified atom stereocenters. The van der Waals surface area contributed by atoms with E-state index in [1.165, 1.54) is 0 Å². The number of aromatic nitrogens is 1. The van der Waals surface area contributed by atoms with Crippen molar-refractivity contribution in [1.29, 1.82) is 0 Å². The zero-order valence-electron chi connectivity index (χ0n) is 10.6. The Morgan fingerprint density at radius 3 is 2.95 bits per heavy atom. The van der Waals surface area contributed by atoms with Crippen LogP contribution in [0.15, 0.2) is 12.1 Å². The van der Waals surface area contributed by atoms with E-state index in [9.17, 15) is 4.79 Å². The second kappa shape index (κ2) is 6.18. The number of rotatable bonds is 5. The number of pyridine rings is 1. The summed E-state index contributed by atoms with van der Waals surface area (Å²) in [6.07, 6.45) is 1.90. The number of nitrogens with zero attached hydrogens (tertiary/aromatic N) is 1. The molecule has 7 heteroatoms. The fourth-order valence-corrected chi connectivity index (χ4v) is 2.18. The third kappa shape index (κ3) is 3.34. The molecule has 2 rings (SSSR count). The molecule has 104 valence electrons. The molecular formula is C12H17ClN4O2. The second-order valence-corrected chi connectivity index (χ2v) is 4.80. The van der Waals surface area contributed by atoms with Gasteiger partial charge < -0.3 is 15.5 Å². The van der Waals surface area contributed by atoms with Crippen LogP contribution in [-0.4, -0.2) is 29.6 Å². The van der Waals surface area contributed by atoms with Gasteiger partial charge in [0.05, 0.1) is 11.1 Å². The Kier molecular flexibility index (Phi) is 4.57. The van der Waals surface area contributed by atoms with E-state index < -0.39 is 0 Å². The van der Waals surface area contributed by atoms with Crippen LogP contribution in [0.5, 0.6) is 0 Å². The van der Waals surface area contributed by atoms with Crippen LogP contribution in [0.2, 0.25) is 5.02 Å². The van der Waals surface area contributed by atoms with Gasteiger partial charge in [-0.3, -0.25) is 4.79 Å². The van der Waals surface area contributed by atoms with Crippen molar-refractivity contribution in [2.24, 2.45) is 5.84 Å². The van der Waals surface area contributed by atoms with Gasteiger partial charge in [-0.25, -0.2) is 10.8 Å². The first-order valence-electron chi connectivity index (χ1n) is 6.19. The van der Waals surface area contributed by atoms with Crippen molar-refractivity contribution in [3.8, 4) is 0 Å². The van der Waals surface area contributed by atoms with Gasteiger partial charge in [0.1, 0.15) is 11.5 Å². The molecule has 1 fully saturated rings. The summed E-state index contributed by atoms with van der Waals surface area (Å²) in [6, 6.07) is 3.31. The molecule has 4 N–H and O–H groups in total. The number of nitrogens with one attached hydrogen (secondary N) is 2. The van der Waals surface area contributed by atoms with E-state index in [1.807, 2.05) is 6.92 Å². The van der Waals surface area contributed by atoms with Crippen molar-refractivity contribution in [1.82, 2.24) is 10.3 Å². The van der Waals surface area contributed by atoms with Crippen LogP contribution in [0.25, 0.3) is 0 Å².